The van der Waals surface area contributed by atoms with Gasteiger partial charge in [-0.1, -0.05) is 18.2 Å². The number of furan rings is 1. The van der Waals surface area contributed by atoms with E-state index in [0.29, 0.717) is 18.7 Å². The van der Waals surface area contributed by atoms with Gasteiger partial charge in [0, 0.05) is 17.3 Å². The van der Waals surface area contributed by atoms with E-state index in [1.165, 1.54) is 0 Å². The van der Waals surface area contributed by atoms with Crippen molar-refractivity contribution in [1.29, 1.82) is 0 Å². The van der Waals surface area contributed by atoms with Crippen LogP contribution in [0.2, 0.25) is 0 Å². The molecule has 0 aliphatic rings. The van der Waals surface area contributed by atoms with Crippen LogP contribution in [0, 0.1) is 6.92 Å². The van der Waals surface area contributed by atoms with E-state index in [4.69, 9.17) is 4.42 Å². The molecule has 0 radical (unpaired) electrons. The summed E-state index contributed by atoms with van der Waals surface area (Å²) >= 11 is 1.63. The second-order valence-corrected chi connectivity index (χ2v) is 6.16. The number of Topliss-reactive ketones (excluding diaryl/α,β-unsaturated/α-hetero) is 1. The lowest BCUT2D eigenvalue weighted by Gasteiger charge is -2.13. The normalized spacial score (nSPS) is 11.4. The molecule has 0 atom stereocenters. The molecule has 0 bridgehead atoms. The lowest BCUT2D eigenvalue weighted by molar-refractivity contribution is 0.0943. The Hall–Kier alpha value is -1.98. The number of carbonyl (C=O) groups excluding carboxylic acids is 1. The van der Waals surface area contributed by atoms with E-state index in [2.05, 4.69) is 4.98 Å². The summed E-state index contributed by atoms with van der Waals surface area (Å²) < 4.78 is 5.42. The molecule has 3 aromatic rings. The number of nitrogens with zero attached hydrogens (tertiary/aromatic N) is 2. The highest BCUT2D eigenvalue weighted by Gasteiger charge is 2.15. The zero-order valence-electron chi connectivity index (χ0n) is 12.0. The lowest BCUT2D eigenvalue weighted by atomic mass is 10.1. The Balaban J connectivity index is 1.71. The van der Waals surface area contributed by atoms with Gasteiger partial charge in [-0.15, -0.1) is 11.3 Å². The number of benzene rings is 1. The van der Waals surface area contributed by atoms with Gasteiger partial charge in [0.05, 0.1) is 22.8 Å². The van der Waals surface area contributed by atoms with Gasteiger partial charge in [0.15, 0.2) is 5.78 Å². The van der Waals surface area contributed by atoms with Crippen molar-refractivity contribution < 1.29 is 9.21 Å². The molecule has 0 saturated heterocycles. The molecule has 0 spiro atoms. The third-order valence-corrected chi connectivity index (χ3v) is 4.12. The largest absolute Gasteiger partial charge is 0.464 e. The van der Waals surface area contributed by atoms with E-state index >= 15 is 0 Å². The Morgan fingerprint density at radius 3 is 2.95 bits per heavy atom. The lowest BCUT2D eigenvalue weighted by Crippen LogP contribution is -2.25. The molecule has 1 aromatic carbocycles. The second kappa shape index (κ2) is 5.79. The summed E-state index contributed by atoms with van der Waals surface area (Å²) in [6.07, 6.45) is 1.55. The third kappa shape index (κ3) is 3.04. The number of hydrogen-bond acceptors (Lipinski definition) is 5. The number of thiazole rings is 1. The Morgan fingerprint density at radius 2 is 2.19 bits per heavy atom. The van der Waals surface area contributed by atoms with Crippen molar-refractivity contribution in [2.75, 3.05) is 13.6 Å². The van der Waals surface area contributed by atoms with Crippen molar-refractivity contribution in [2.24, 2.45) is 0 Å². The first-order valence-electron chi connectivity index (χ1n) is 6.72. The fraction of sp³-hybridized carbons (Fsp3) is 0.250. The van der Waals surface area contributed by atoms with E-state index < -0.39 is 0 Å². The van der Waals surface area contributed by atoms with Crippen LogP contribution in [-0.2, 0) is 6.54 Å². The molecule has 2 heterocycles. The van der Waals surface area contributed by atoms with Crippen LogP contribution in [0.5, 0.6) is 0 Å². The van der Waals surface area contributed by atoms with Crippen molar-refractivity contribution in [3.63, 3.8) is 0 Å². The topological polar surface area (TPSA) is 46.3 Å². The van der Waals surface area contributed by atoms with Crippen molar-refractivity contribution in [3.05, 3.63) is 52.2 Å². The number of fused-ring (bicyclic) bond motifs is 1. The second-order valence-electron chi connectivity index (χ2n) is 5.10. The summed E-state index contributed by atoms with van der Waals surface area (Å²) in [5, 5.41) is 3.95. The van der Waals surface area contributed by atoms with Crippen molar-refractivity contribution in [2.45, 2.75) is 13.5 Å². The molecular weight excluding hydrogens is 284 g/mol. The Labute approximate surface area is 127 Å². The average molecular weight is 300 g/mol. The van der Waals surface area contributed by atoms with Crippen molar-refractivity contribution in [1.82, 2.24) is 9.88 Å². The number of aromatic nitrogens is 1. The van der Waals surface area contributed by atoms with E-state index in [9.17, 15) is 4.79 Å². The van der Waals surface area contributed by atoms with E-state index in [0.717, 1.165) is 21.7 Å². The molecule has 108 valence electrons. The maximum absolute atomic E-state index is 12.4. The molecule has 0 saturated carbocycles. The molecule has 0 N–H and O–H groups in total. The first-order chi connectivity index (χ1) is 10.1. The number of likely N-dealkylation sites (N-methyl/N-ethyl adjacent to an activating group) is 1. The average Bonchev–Trinajstić information content (AvgIpc) is 3.04. The third-order valence-electron chi connectivity index (χ3n) is 3.29. The van der Waals surface area contributed by atoms with Crippen LogP contribution in [0.3, 0.4) is 0 Å². The zero-order chi connectivity index (χ0) is 14.8. The van der Waals surface area contributed by atoms with Crippen LogP contribution >= 0.6 is 11.3 Å². The summed E-state index contributed by atoms with van der Waals surface area (Å²) in [4.78, 5) is 18.8. The highest BCUT2D eigenvalue weighted by atomic mass is 32.1. The molecule has 0 fully saturated rings. The highest BCUT2D eigenvalue weighted by molar-refractivity contribution is 7.09. The number of carbonyl (C=O) groups is 1. The van der Waals surface area contributed by atoms with Gasteiger partial charge in [-0.2, -0.15) is 0 Å². The van der Waals surface area contributed by atoms with Crippen LogP contribution in [-0.4, -0.2) is 29.3 Å². The van der Waals surface area contributed by atoms with Crippen LogP contribution in [0.25, 0.3) is 11.0 Å². The first-order valence-corrected chi connectivity index (χ1v) is 7.60. The van der Waals surface area contributed by atoms with Crippen molar-refractivity contribution in [3.8, 4) is 0 Å². The molecular formula is C16H16N2O2S. The molecule has 2 aromatic heterocycles. The minimum Gasteiger partial charge on any atom is -0.464 e. The monoisotopic (exact) mass is 300 g/mol. The van der Waals surface area contributed by atoms with Gasteiger partial charge in [-0.3, -0.25) is 9.69 Å². The van der Waals surface area contributed by atoms with E-state index in [1.54, 1.807) is 17.6 Å². The number of ketones is 1. The van der Waals surface area contributed by atoms with Gasteiger partial charge in [0.2, 0.25) is 0 Å². The molecule has 0 unspecified atom stereocenters. The van der Waals surface area contributed by atoms with Crippen LogP contribution in [0.4, 0.5) is 0 Å². The standard InChI is InChI=1S/C16H16N2O2S/c1-11-17-12(10-21-11)7-18(2)8-15(19)14-9-20-16-6-4-3-5-13(14)16/h3-6,9-10H,7-8H2,1-2H3. The van der Waals surface area contributed by atoms with Crippen LogP contribution < -0.4 is 0 Å². The van der Waals surface area contributed by atoms with Gasteiger partial charge in [0.1, 0.15) is 11.8 Å². The van der Waals surface area contributed by atoms with Gasteiger partial charge in [0.25, 0.3) is 0 Å². The molecule has 5 heteroatoms. The fourth-order valence-electron chi connectivity index (χ4n) is 2.34. The van der Waals surface area contributed by atoms with Gasteiger partial charge in [-0.25, -0.2) is 4.98 Å². The Bertz CT molecular complexity index is 775. The maximum atomic E-state index is 12.4. The van der Waals surface area contributed by atoms with Crippen LogP contribution in [0.1, 0.15) is 21.1 Å². The quantitative estimate of drug-likeness (QED) is 0.676. The minimum atomic E-state index is 0.0643. The zero-order valence-corrected chi connectivity index (χ0v) is 12.8. The predicted octanol–water partition coefficient (Wildman–Crippen LogP) is 3.51. The number of hydrogen-bond donors (Lipinski definition) is 0. The molecule has 0 aliphatic heterocycles. The SMILES string of the molecule is Cc1nc(CN(C)CC(=O)c2coc3ccccc23)cs1. The maximum Gasteiger partial charge on any atom is 0.180 e. The fourth-order valence-corrected chi connectivity index (χ4v) is 2.94. The molecule has 21 heavy (non-hydrogen) atoms. The summed E-state index contributed by atoms with van der Waals surface area (Å²) in [5.74, 6) is 0.0643. The number of para-hydroxylation sites is 1. The first kappa shape index (κ1) is 14.0. The predicted molar refractivity (Wildman–Crippen MR) is 83.7 cm³/mol. The van der Waals surface area contributed by atoms with Gasteiger partial charge >= 0.3 is 0 Å². The molecule has 3 rings (SSSR count). The van der Waals surface area contributed by atoms with E-state index in [1.807, 2.05) is 48.5 Å². The Morgan fingerprint density at radius 1 is 1.38 bits per heavy atom. The van der Waals surface area contributed by atoms with Gasteiger partial charge < -0.3 is 4.42 Å². The summed E-state index contributed by atoms with van der Waals surface area (Å²) in [6, 6.07) is 7.59. The summed E-state index contributed by atoms with van der Waals surface area (Å²) in [7, 11) is 1.93. The van der Waals surface area contributed by atoms with Crippen molar-refractivity contribution >= 4 is 28.1 Å². The van der Waals surface area contributed by atoms with Gasteiger partial charge in [-0.05, 0) is 20.0 Å². The van der Waals surface area contributed by atoms with E-state index in [-0.39, 0.29) is 5.78 Å². The summed E-state index contributed by atoms with van der Waals surface area (Å²) in [5.41, 5.74) is 2.40. The highest BCUT2D eigenvalue weighted by Crippen LogP contribution is 2.21. The Kier molecular flexibility index (Phi) is 3.86. The molecule has 0 aliphatic carbocycles. The number of aryl methyl sites for hydroxylation is 1. The minimum absolute atomic E-state index is 0.0643. The number of rotatable bonds is 5. The smallest absolute Gasteiger partial charge is 0.180 e. The van der Waals surface area contributed by atoms with Crippen LogP contribution in [0.15, 0.2) is 40.3 Å². The molecule has 4 nitrogen and oxygen atoms in total. The summed E-state index contributed by atoms with van der Waals surface area (Å²) in [6.45, 7) is 3.00. The molecule has 0 amide bonds.